The normalized spacial score (nSPS) is 39.4. The van der Waals surface area contributed by atoms with Crippen LogP contribution in [0, 0.1) is 5.92 Å². The summed E-state index contributed by atoms with van der Waals surface area (Å²) in [7, 11) is 0. The number of aliphatic hydroxyl groups excluding tert-OH is 1. The fourth-order valence-electron chi connectivity index (χ4n) is 2.49. The number of carbonyl (C=O) groups is 1. The van der Waals surface area contributed by atoms with Crippen molar-refractivity contribution in [1.29, 1.82) is 0 Å². The average molecular weight is 241 g/mol. The summed E-state index contributed by atoms with van der Waals surface area (Å²) in [5.74, 6) is -0.194. The van der Waals surface area contributed by atoms with Gasteiger partial charge < -0.3 is 14.7 Å². The summed E-state index contributed by atoms with van der Waals surface area (Å²) in [6, 6.07) is 0. The van der Waals surface area contributed by atoms with E-state index in [2.05, 4.69) is 0 Å². The molecule has 1 N–H and O–H groups in total. The number of hydrogen-bond acceptors (Lipinski definition) is 4. The smallest absolute Gasteiger partial charge is 0.236 e. The van der Waals surface area contributed by atoms with Crippen LogP contribution in [0.15, 0.2) is 11.1 Å². The molecular weight excluding hydrogens is 226 g/mol. The molecule has 0 saturated carbocycles. The van der Waals surface area contributed by atoms with Crippen LogP contribution < -0.4 is 0 Å². The van der Waals surface area contributed by atoms with Crippen molar-refractivity contribution in [3.63, 3.8) is 0 Å². The topological polar surface area (TPSA) is 49.8 Å². The van der Waals surface area contributed by atoms with Gasteiger partial charge in [-0.3, -0.25) is 4.79 Å². The summed E-state index contributed by atoms with van der Waals surface area (Å²) in [6.45, 7) is 2.51. The van der Waals surface area contributed by atoms with Crippen LogP contribution in [0.2, 0.25) is 0 Å². The first kappa shape index (κ1) is 10.6. The van der Waals surface area contributed by atoms with Crippen molar-refractivity contribution in [2.45, 2.75) is 37.3 Å². The first-order chi connectivity index (χ1) is 7.68. The number of aliphatic hydroxyl groups is 1. The molecule has 3 aliphatic heterocycles. The second-order valence-electron chi connectivity index (χ2n) is 4.55. The lowest BCUT2D eigenvalue weighted by Crippen LogP contribution is -2.58. The van der Waals surface area contributed by atoms with Crippen molar-refractivity contribution < 1.29 is 14.6 Å². The van der Waals surface area contributed by atoms with E-state index in [1.807, 2.05) is 6.20 Å². The third-order valence-corrected chi connectivity index (χ3v) is 4.81. The summed E-state index contributed by atoms with van der Waals surface area (Å²) in [5, 5.41) is 9.63. The minimum absolute atomic E-state index is 0.0421. The van der Waals surface area contributed by atoms with Crippen LogP contribution in [-0.4, -0.2) is 40.1 Å². The SMILES string of the molecule is C[C@@H](O)[C@H]1C(=O)N2C=C([C@H]3CCCO3)S[C@H]12. The molecule has 0 unspecified atom stereocenters. The molecule has 88 valence electrons. The van der Waals surface area contributed by atoms with Gasteiger partial charge in [-0.05, 0) is 19.8 Å². The quantitative estimate of drug-likeness (QED) is 0.730. The molecule has 2 saturated heterocycles. The Kier molecular flexibility index (Phi) is 2.49. The summed E-state index contributed by atoms with van der Waals surface area (Å²) < 4.78 is 5.60. The molecule has 0 spiro atoms. The van der Waals surface area contributed by atoms with Gasteiger partial charge in [0.15, 0.2) is 0 Å². The minimum atomic E-state index is -0.557. The molecule has 4 atom stereocenters. The largest absolute Gasteiger partial charge is 0.392 e. The van der Waals surface area contributed by atoms with Crippen LogP contribution in [0.3, 0.4) is 0 Å². The number of nitrogens with zero attached hydrogens (tertiary/aromatic N) is 1. The Morgan fingerprint density at radius 2 is 2.50 bits per heavy atom. The van der Waals surface area contributed by atoms with E-state index in [9.17, 15) is 9.90 Å². The molecule has 1 amide bonds. The highest BCUT2D eigenvalue weighted by Gasteiger charge is 2.53. The Morgan fingerprint density at radius 3 is 3.12 bits per heavy atom. The van der Waals surface area contributed by atoms with Crippen molar-refractivity contribution in [3.05, 3.63) is 11.1 Å². The molecule has 3 aliphatic rings. The van der Waals surface area contributed by atoms with Gasteiger partial charge in [0.2, 0.25) is 5.91 Å². The van der Waals surface area contributed by atoms with Crippen LogP contribution >= 0.6 is 11.8 Å². The van der Waals surface area contributed by atoms with E-state index in [0.717, 1.165) is 24.4 Å². The van der Waals surface area contributed by atoms with E-state index in [1.54, 1.807) is 23.6 Å². The molecule has 5 heteroatoms. The van der Waals surface area contributed by atoms with Gasteiger partial charge in [-0.15, -0.1) is 0 Å². The Balaban J connectivity index is 1.72. The lowest BCUT2D eigenvalue weighted by atomic mass is 9.93. The lowest BCUT2D eigenvalue weighted by Gasteiger charge is -2.42. The second kappa shape index (κ2) is 3.75. The number of amides is 1. The van der Waals surface area contributed by atoms with Crippen LogP contribution in [0.1, 0.15) is 19.8 Å². The molecule has 0 aromatic carbocycles. The molecule has 4 nitrogen and oxygen atoms in total. The highest BCUT2D eigenvalue weighted by molar-refractivity contribution is 8.04. The Hall–Kier alpha value is -0.520. The lowest BCUT2D eigenvalue weighted by molar-refractivity contribution is -0.151. The molecule has 3 rings (SSSR count). The molecule has 0 radical (unpaired) electrons. The number of rotatable bonds is 2. The van der Waals surface area contributed by atoms with Gasteiger partial charge in [-0.25, -0.2) is 0 Å². The number of thioether (sulfide) groups is 1. The minimum Gasteiger partial charge on any atom is -0.392 e. The maximum absolute atomic E-state index is 11.7. The number of β-lactam (4-membered cyclic amide) rings is 1. The van der Waals surface area contributed by atoms with Crippen molar-refractivity contribution in [2.24, 2.45) is 5.92 Å². The van der Waals surface area contributed by atoms with Gasteiger partial charge >= 0.3 is 0 Å². The highest BCUT2D eigenvalue weighted by atomic mass is 32.2. The fourth-order valence-corrected chi connectivity index (χ4v) is 4.05. The van der Waals surface area contributed by atoms with E-state index in [0.29, 0.717) is 0 Å². The highest BCUT2D eigenvalue weighted by Crippen LogP contribution is 2.48. The van der Waals surface area contributed by atoms with Crippen LogP contribution in [0.4, 0.5) is 0 Å². The van der Waals surface area contributed by atoms with E-state index < -0.39 is 6.10 Å². The van der Waals surface area contributed by atoms with Crippen LogP contribution in [-0.2, 0) is 9.53 Å². The first-order valence-electron chi connectivity index (χ1n) is 5.68. The van der Waals surface area contributed by atoms with Crippen LogP contribution in [0.5, 0.6) is 0 Å². The van der Waals surface area contributed by atoms with E-state index in [1.165, 1.54) is 0 Å². The van der Waals surface area contributed by atoms with Gasteiger partial charge in [0.1, 0.15) is 5.37 Å². The third kappa shape index (κ3) is 1.42. The molecule has 2 fully saturated rings. The van der Waals surface area contributed by atoms with E-state index >= 15 is 0 Å². The summed E-state index contributed by atoms with van der Waals surface area (Å²) in [6.07, 6.45) is 3.68. The zero-order valence-electron chi connectivity index (χ0n) is 9.13. The molecule has 16 heavy (non-hydrogen) atoms. The molecule has 0 aliphatic carbocycles. The second-order valence-corrected chi connectivity index (χ2v) is 5.74. The maximum Gasteiger partial charge on any atom is 0.236 e. The predicted molar refractivity (Wildman–Crippen MR) is 60.5 cm³/mol. The van der Waals surface area contributed by atoms with E-state index in [4.69, 9.17) is 4.74 Å². The van der Waals surface area contributed by atoms with Crippen molar-refractivity contribution in [3.8, 4) is 0 Å². The Bertz CT molecular complexity index is 349. The number of ether oxygens (including phenoxy) is 1. The molecule has 0 bridgehead atoms. The Morgan fingerprint density at radius 1 is 1.69 bits per heavy atom. The molecule has 3 heterocycles. The zero-order valence-corrected chi connectivity index (χ0v) is 9.94. The maximum atomic E-state index is 11.7. The van der Waals surface area contributed by atoms with Gasteiger partial charge in [-0.2, -0.15) is 0 Å². The molecule has 0 aromatic rings. The summed E-state index contributed by atoms with van der Waals surface area (Å²) in [4.78, 5) is 14.6. The number of hydrogen-bond donors (Lipinski definition) is 1. The first-order valence-corrected chi connectivity index (χ1v) is 6.56. The monoisotopic (exact) mass is 241 g/mol. The van der Waals surface area contributed by atoms with Crippen molar-refractivity contribution in [1.82, 2.24) is 4.90 Å². The van der Waals surface area contributed by atoms with Gasteiger partial charge in [0.05, 0.1) is 18.1 Å². The Labute approximate surface area is 98.6 Å². The summed E-state index contributed by atoms with van der Waals surface area (Å²) >= 11 is 1.68. The van der Waals surface area contributed by atoms with Crippen LogP contribution in [0.25, 0.3) is 0 Å². The average Bonchev–Trinajstić information content (AvgIpc) is 2.82. The molecular formula is C11H15NO3S. The van der Waals surface area contributed by atoms with Gasteiger partial charge in [0.25, 0.3) is 0 Å². The van der Waals surface area contributed by atoms with Crippen molar-refractivity contribution in [2.75, 3.05) is 6.61 Å². The zero-order chi connectivity index (χ0) is 11.3. The fraction of sp³-hybridized carbons (Fsp3) is 0.727. The third-order valence-electron chi connectivity index (χ3n) is 3.41. The number of fused-ring (bicyclic) bond motifs is 1. The van der Waals surface area contributed by atoms with Gasteiger partial charge in [0, 0.05) is 17.7 Å². The predicted octanol–water partition coefficient (Wildman–Crippen LogP) is 0.919. The van der Waals surface area contributed by atoms with E-state index in [-0.39, 0.29) is 23.3 Å². The standard InChI is InChI=1S/C11H15NO3S/c1-6(13)9-10(14)12-5-8(16-11(9)12)7-3-2-4-15-7/h5-7,9,11,13H,2-4H2,1H3/t6-,7-,9+,11-/m1/s1. The van der Waals surface area contributed by atoms with Gasteiger partial charge in [-0.1, -0.05) is 11.8 Å². The number of carbonyl (C=O) groups excluding carboxylic acids is 1. The van der Waals surface area contributed by atoms with Crippen molar-refractivity contribution >= 4 is 17.7 Å². The summed E-state index contributed by atoms with van der Waals surface area (Å²) in [5.41, 5.74) is 0. The molecule has 0 aromatic heterocycles.